The summed E-state index contributed by atoms with van der Waals surface area (Å²) in [4.78, 5) is 0. The Bertz CT molecular complexity index is 340. The molecule has 2 aliphatic heterocycles. The Morgan fingerprint density at radius 3 is 2.22 bits per heavy atom. The molecule has 18 heavy (non-hydrogen) atoms. The monoisotopic (exact) mass is 258 g/mol. The first-order valence-corrected chi connectivity index (χ1v) is 6.63. The van der Waals surface area contributed by atoms with Crippen LogP contribution in [0.1, 0.15) is 34.1 Å². The lowest BCUT2D eigenvalue weighted by molar-refractivity contribution is -0.178. The number of aliphatic hydroxyl groups excluding tert-OH is 1. The van der Waals surface area contributed by atoms with Crippen LogP contribution in [0.3, 0.4) is 0 Å². The summed E-state index contributed by atoms with van der Waals surface area (Å²) in [6, 6.07) is 0. The summed E-state index contributed by atoms with van der Waals surface area (Å²) in [7, 11) is 0. The molecule has 5 heteroatoms. The second-order valence-electron chi connectivity index (χ2n) is 6.40. The molecule has 3 fully saturated rings. The minimum Gasteiger partial charge on any atom is -0.390 e. The van der Waals surface area contributed by atoms with Crippen LogP contribution in [0.15, 0.2) is 0 Å². The van der Waals surface area contributed by atoms with Gasteiger partial charge in [0.2, 0.25) is 0 Å². The number of hydrogen-bond acceptors (Lipinski definition) is 5. The van der Waals surface area contributed by atoms with Gasteiger partial charge in [-0.25, -0.2) is 0 Å². The van der Waals surface area contributed by atoms with Crippen molar-refractivity contribution in [2.45, 2.75) is 70.1 Å². The molecule has 5 nitrogen and oxygen atoms in total. The maximum atomic E-state index is 10.1. The highest BCUT2D eigenvalue weighted by Crippen LogP contribution is 2.45. The van der Waals surface area contributed by atoms with Crippen LogP contribution in [0.5, 0.6) is 0 Å². The van der Waals surface area contributed by atoms with E-state index < -0.39 is 17.7 Å². The third kappa shape index (κ3) is 2.08. The molecule has 0 bridgehead atoms. The first-order valence-electron chi connectivity index (χ1n) is 6.63. The fourth-order valence-corrected chi connectivity index (χ4v) is 3.28. The first kappa shape index (κ1) is 12.8. The summed E-state index contributed by atoms with van der Waals surface area (Å²) in [5.74, 6) is -1.03. The third-order valence-corrected chi connectivity index (χ3v) is 3.99. The second kappa shape index (κ2) is 3.90. The zero-order valence-electron chi connectivity index (χ0n) is 11.4. The Labute approximate surface area is 107 Å². The van der Waals surface area contributed by atoms with Crippen LogP contribution in [-0.4, -0.2) is 47.7 Å². The van der Waals surface area contributed by atoms with Crippen LogP contribution >= 0.6 is 0 Å². The fraction of sp³-hybridized carbons (Fsp3) is 1.00. The Kier molecular flexibility index (Phi) is 2.78. The summed E-state index contributed by atoms with van der Waals surface area (Å²) in [5.41, 5.74) is 0. The van der Waals surface area contributed by atoms with Gasteiger partial charge in [-0.15, -0.1) is 0 Å². The van der Waals surface area contributed by atoms with Crippen LogP contribution in [0.2, 0.25) is 0 Å². The lowest BCUT2D eigenvalue weighted by atomic mass is 9.98. The minimum absolute atomic E-state index is 0.0258. The summed E-state index contributed by atoms with van der Waals surface area (Å²) in [6.45, 7) is 8.13. The van der Waals surface area contributed by atoms with Gasteiger partial charge in [-0.2, -0.15) is 0 Å². The molecular formula is C13H22O5. The van der Waals surface area contributed by atoms with Gasteiger partial charge in [0.05, 0.1) is 24.9 Å². The van der Waals surface area contributed by atoms with Gasteiger partial charge >= 0.3 is 0 Å². The average Bonchev–Trinajstić information content (AvgIpc) is 2.81. The zero-order chi connectivity index (χ0) is 13.1. The van der Waals surface area contributed by atoms with Crippen LogP contribution in [0.25, 0.3) is 0 Å². The van der Waals surface area contributed by atoms with Gasteiger partial charge in [0.1, 0.15) is 6.10 Å². The first-order chi connectivity index (χ1) is 8.27. The van der Waals surface area contributed by atoms with Gasteiger partial charge < -0.3 is 24.1 Å². The van der Waals surface area contributed by atoms with Crippen molar-refractivity contribution in [3.63, 3.8) is 0 Å². The molecule has 2 heterocycles. The number of aliphatic hydroxyl groups is 1. The predicted molar refractivity (Wildman–Crippen MR) is 62.8 cm³/mol. The molecule has 0 radical (unpaired) electrons. The number of hydrogen-bond donors (Lipinski definition) is 1. The fourth-order valence-electron chi connectivity index (χ4n) is 3.28. The molecule has 0 amide bonds. The van der Waals surface area contributed by atoms with Gasteiger partial charge in [0.25, 0.3) is 0 Å². The zero-order valence-corrected chi connectivity index (χ0v) is 11.4. The Hall–Kier alpha value is -0.200. The Balaban J connectivity index is 1.75. The van der Waals surface area contributed by atoms with Gasteiger partial charge in [-0.1, -0.05) is 0 Å². The standard InChI is InChI=1S/C13H22O5/c1-12(2)15-6-9(16-12)7-5-8(14)11-10(7)17-13(3,4)18-11/h7-11,14H,5-6H2,1-4H3. The maximum absolute atomic E-state index is 10.1. The molecule has 0 aromatic carbocycles. The topological polar surface area (TPSA) is 57.2 Å². The van der Waals surface area contributed by atoms with E-state index in [1.54, 1.807) is 0 Å². The molecule has 0 aromatic heterocycles. The highest BCUT2D eigenvalue weighted by Gasteiger charge is 2.57. The largest absolute Gasteiger partial charge is 0.390 e. The average molecular weight is 258 g/mol. The van der Waals surface area contributed by atoms with E-state index in [1.807, 2.05) is 27.7 Å². The molecule has 0 spiro atoms. The van der Waals surface area contributed by atoms with Crippen molar-refractivity contribution >= 4 is 0 Å². The minimum atomic E-state index is -0.621. The van der Waals surface area contributed by atoms with Gasteiger partial charge in [-0.05, 0) is 34.1 Å². The number of ether oxygens (including phenoxy) is 4. The van der Waals surface area contributed by atoms with Crippen molar-refractivity contribution in [3.05, 3.63) is 0 Å². The summed E-state index contributed by atoms with van der Waals surface area (Å²) in [5, 5.41) is 10.1. The predicted octanol–water partition coefficient (Wildman–Crippen LogP) is 1.04. The Morgan fingerprint density at radius 1 is 0.944 bits per heavy atom. The smallest absolute Gasteiger partial charge is 0.163 e. The molecule has 104 valence electrons. The van der Waals surface area contributed by atoms with Crippen molar-refractivity contribution in [1.29, 1.82) is 0 Å². The van der Waals surface area contributed by atoms with Crippen LogP contribution in [0, 0.1) is 5.92 Å². The highest BCUT2D eigenvalue weighted by atomic mass is 16.8. The second-order valence-corrected chi connectivity index (χ2v) is 6.40. The van der Waals surface area contributed by atoms with E-state index in [9.17, 15) is 5.11 Å². The number of rotatable bonds is 1. The lowest BCUT2D eigenvalue weighted by Gasteiger charge is -2.26. The van der Waals surface area contributed by atoms with Crippen molar-refractivity contribution in [1.82, 2.24) is 0 Å². The van der Waals surface area contributed by atoms with E-state index in [-0.39, 0.29) is 24.2 Å². The van der Waals surface area contributed by atoms with Crippen molar-refractivity contribution in [2.24, 2.45) is 5.92 Å². The van der Waals surface area contributed by atoms with E-state index in [2.05, 4.69) is 0 Å². The molecule has 0 aromatic rings. The summed E-state index contributed by atoms with van der Waals surface area (Å²) in [6.07, 6.45) is -0.193. The van der Waals surface area contributed by atoms with E-state index in [0.29, 0.717) is 13.0 Å². The van der Waals surface area contributed by atoms with Gasteiger partial charge in [0, 0.05) is 5.92 Å². The van der Waals surface area contributed by atoms with Crippen LogP contribution < -0.4 is 0 Å². The Morgan fingerprint density at radius 2 is 1.61 bits per heavy atom. The SMILES string of the molecule is CC1(C)OCC(C2CC(O)C3OC(C)(C)OC23)O1. The van der Waals surface area contributed by atoms with E-state index >= 15 is 0 Å². The lowest BCUT2D eigenvalue weighted by Crippen LogP contribution is -2.35. The maximum Gasteiger partial charge on any atom is 0.163 e. The molecule has 3 rings (SSSR count). The van der Waals surface area contributed by atoms with E-state index in [1.165, 1.54) is 0 Å². The van der Waals surface area contributed by atoms with Crippen LogP contribution in [0.4, 0.5) is 0 Å². The number of fused-ring (bicyclic) bond motifs is 1. The molecule has 1 aliphatic carbocycles. The van der Waals surface area contributed by atoms with E-state index in [4.69, 9.17) is 18.9 Å². The normalized spacial score (nSPS) is 49.5. The summed E-state index contributed by atoms with van der Waals surface area (Å²) < 4.78 is 23.2. The third-order valence-electron chi connectivity index (χ3n) is 3.99. The quantitative estimate of drug-likeness (QED) is 0.761. The van der Waals surface area contributed by atoms with Crippen molar-refractivity contribution < 1.29 is 24.1 Å². The molecule has 1 N–H and O–H groups in total. The molecule has 1 saturated carbocycles. The highest BCUT2D eigenvalue weighted by molar-refractivity contribution is 5.01. The van der Waals surface area contributed by atoms with Crippen molar-refractivity contribution in [3.8, 4) is 0 Å². The van der Waals surface area contributed by atoms with Crippen LogP contribution in [-0.2, 0) is 18.9 Å². The molecular weight excluding hydrogens is 236 g/mol. The molecule has 5 atom stereocenters. The van der Waals surface area contributed by atoms with Gasteiger partial charge in [0.15, 0.2) is 11.6 Å². The summed E-state index contributed by atoms with van der Waals surface area (Å²) >= 11 is 0. The van der Waals surface area contributed by atoms with Gasteiger partial charge in [-0.3, -0.25) is 0 Å². The molecule has 5 unspecified atom stereocenters. The molecule has 2 saturated heterocycles. The molecule has 3 aliphatic rings. The van der Waals surface area contributed by atoms with E-state index in [0.717, 1.165) is 0 Å². The van der Waals surface area contributed by atoms with Crippen molar-refractivity contribution in [2.75, 3.05) is 6.61 Å².